The number of likely N-dealkylation sites (N-methyl/N-ethyl adjacent to an activating group) is 1. The summed E-state index contributed by atoms with van der Waals surface area (Å²) in [5, 5.41) is 12.7. The number of amides is 2. The van der Waals surface area contributed by atoms with Crippen LogP contribution in [0.5, 0.6) is 0 Å². The fraction of sp³-hybridized carbons (Fsp3) is 0.556. The summed E-state index contributed by atoms with van der Waals surface area (Å²) in [5.41, 5.74) is 2.10. The van der Waals surface area contributed by atoms with Gasteiger partial charge in [0.25, 0.3) is 0 Å². The second-order valence-electron chi connectivity index (χ2n) is 6.83. The van der Waals surface area contributed by atoms with Crippen molar-refractivity contribution in [3.8, 4) is 0 Å². The van der Waals surface area contributed by atoms with Crippen LogP contribution in [0.25, 0.3) is 0 Å². The molecule has 0 spiro atoms. The number of rotatable bonds is 6. The maximum absolute atomic E-state index is 12.6. The van der Waals surface area contributed by atoms with Crippen molar-refractivity contribution < 1.29 is 14.7 Å². The zero-order valence-corrected chi connectivity index (χ0v) is 14.8. The molecule has 0 bridgehead atoms. The van der Waals surface area contributed by atoms with Crippen LogP contribution < -0.4 is 5.32 Å². The van der Waals surface area contributed by atoms with Crippen LogP contribution in [0.2, 0.25) is 0 Å². The quantitative estimate of drug-likeness (QED) is 0.798. The maximum Gasteiger partial charge on any atom is 0.226 e. The van der Waals surface area contributed by atoms with Crippen LogP contribution in [-0.2, 0) is 9.59 Å². The van der Waals surface area contributed by atoms with Gasteiger partial charge in [-0.2, -0.15) is 0 Å². The van der Waals surface area contributed by atoms with Crippen LogP contribution in [0.3, 0.4) is 0 Å². The van der Waals surface area contributed by atoms with Gasteiger partial charge in [-0.05, 0) is 26.6 Å². The zero-order chi connectivity index (χ0) is 17.9. The van der Waals surface area contributed by atoms with Crippen molar-refractivity contribution >= 4 is 11.8 Å². The lowest BCUT2D eigenvalue weighted by Gasteiger charge is -2.25. The van der Waals surface area contributed by atoms with Crippen LogP contribution in [0, 0.1) is 12.8 Å². The molecular formula is C18H27N3O3. The highest BCUT2D eigenvalue weighted by Gasteiger charge is 2.42. The molecule has 3 atom stereocenters. The SMILES string of the molecule is Cc1ccc([C@@H]2[C@H](C(=O)NC[C@H](O)CN(C)C)CC(=O)N2C)cc1. The standard InChI is InChI=1S/C18H27N3O3/c1-12-5-7-13(8-6-12)17-15(9-16(23)21(17)4)18(24)19-10-14(22)11-20(2)3/h5-8,14-15,17,22H,9-11H2,1-4H3,(H,19,24)/t14-,15+,17+/m0/s1. The molecule has 0 unspecified atom stereocenters. The highest BCUT2D eigenvalue weighted by atomic mass is 16.3. The van der Waals surface area contributed by atoms with Gasteiger partial charge in [-0.25, -0.2) is 0 Å². The first-order chi connectivity index (χ1) is 11.3. The fourth-order valence-corrected chi connectivity index (χ4v) is 3.16. The van der Waals surface area contributed by atoms with E-state index < -0.39 is 12.0 Å². The van der Waals surface area contributed by atoms with Crippen molar-refractivity contribution in [3.63, 3.8) is 0 Å². The Balaban J connectivity index is 2.07. The minimum absolute atomic E-state index is 0.0328. The molecule has 2 rings (SSSR count). The number of hydrogen-bond donors (Lipinski definition) is 2. The van der Waals surface area contributed by atoms with E-state index in [1.54, 1.807) is 11.9 Å². The molecule has 0 radical (unpaired) electrons. The minimum atomic E-state index is -0.628. The van der Waals surface area contributed by atoms with Crippen LogP contribution in [0.4, 0.5) is 0 Å². The van der Waals surface area contributed by atoms with Gasteiger partial charge in [0.15, 0.2) is 0 Å². The lowest BCUT2D eigenvalue weighted by atomic mass is 9.92. The van der Waals surface area contributed by atoms with Crippen LogP contribution in [-0.4, -0.2) is 67.1 Å². The monoisotopic (exact) mass is 333 g/mol. The van der Waals surface area contributed by atoms with Gasteiger partial charge in [0.1, 0.15) is 0 Å². The van der Waals surface area contributed by atoms with Crippen LogP contribution in [0.15, 0.2) is 24.3 Å². The molecule has 0 aromatic heterocycles. The summed E-state index contributed by atoms with van der Waals surface area (Å²) in [4.78, 5) is 28.2. The molecule has 1 aromatic rings. The summed E-state index contributed by atoms with van der Waals surface area (Å²) in [6.07, 6.45) is -0.429. The van der Waals surface area contributed by atoms with Crippen LogP contribution in [0.1, 0.15) is 23.6 Å². The summed E-state index contributed by atoms with van der Waals surface area (Å²) in [5.74, 6) is -0.651. The fourth-order valence-electron chi connectivity index (χ4n) is 3.16. The van der Waals surface area contributed by atoms with Crippen LogP contribution >= 0.6 is 0 Å². The molecule has 1 aliphatic rings. The highest BCUT2D eigenvalue weighted by molar-refractivity contribution is 5.90. The molecule has 132 valence electrons. The van der Waals surface area contributed by atoms with Gasteiger partial charge in [0.05, 0.1) is 18.1 Å². The molecule has 6 nitrogen and oxygen atoms in total. The van der Waals surface area contributed by atoms with E-state index in [0.29, 0.717) is 6.54 Å². The Morgan fingerprint density at radius 3 is 2.58 bits per heavy atom. The number of aliphatic hydroxyl groups excluding tert-OH is 1. The molecule has 24 heavy (non-hydrogen) atoms. The van der Waals surface area contributed by atoms with Crippen molar-refractivity contribution in [2.24, 2.45) is 5.92 Å². The van der Waals surface area contributed by atoms with E-state index in [-0.39, 0.29) is 30.8 Å². The molecule has 6 heteroatoms. The zero-order valence-electron chi connectivity index (χ0n) is 14.8. The van der Waals surface area contributed by atoms with E-state index in [9.17, 15) is 14.7 Å². The minimum Gasteiger partial charge on any atom is -0.390 e. The molecule has 1 aromatic carbocycles. The number of hydrogen-bond acceptors (Lipinski definition) is 4. The second-order valence-corrected chi connectivity index (χ2v) is 6.83. The van der Waals surface area contributed by atoms with Crippen molar-refractivity contribution in [1.29, 1.82) is 0 Å². The molecule has 2 N–H and O–H groups in total. The Kier molecular flexibility index (Phi) is 5.96. The third-order valence-electron chi connectivity index (χ3n) is 4.43. The molecule has 1 fully saturated rings. The number of nitrogens with one attached hydrogen (secondary N) is 1. The third kappa shape index (κ3) is 4.33. The smallest absolute Gasteiger partial charge is 0.226 e. The van der Waals surface area contributed by atoms with Crippen molar-refractivity contribution in [3.05, 3.63) is 35.4 Å². The summed E-state index contributed by atoms with van der Waals surface area (Å²) < 4.78 is 0. The van der Waals surface area contributed by atoms with Gasteiger partial charge >= 0.3 is 0 Å². The van der Waals surface area contributed by atoms with Crippen molar-refractivity contribution in [2.45, 2.75) is 25.5 Å². The first-order valence-corrected chi connectivity index (χ1v) is 8.22. The Labute approximate surface area is 143 Å². The molecular weight excluding hydrogens is 306 g/mol. The molecule has 2 amide bonds. The molecule has 1 aliphatic heterocycles. The maximum atomic E-state index is 12.6. The number of carbonyl (C=O) groups excluding carboxylic acids is 2. The van der Waals surface area contributed by atoms with Gasteiger partial charge in [-0.1, -0.05) is 29.8 Å². The van der Waals surface area contributed by atoms with Gasteiger partial charge < -0.3 is 20.2 Å². The number of aliphatic hydroxyl groups is 1. The molecule has 1 heterocycles. The van der Waals surface area contributed by atoms with Gasteiger partial charge in [-0.3, -0.25) is 9.59 Å². The topological polar surface area (TPSA) is 72.9 Å². The van der Waals surface area contributed by atoms with Gasteiger partial charge in [0, 0.05) is 26.6 Å². The third-order valence-corrected chi connectivity index (χ3v) is 4.43. The molecule has 0 aliphatic carbocycles. The molecule has 0 saturated carbocycles. The van der Waals surface area contributed by atoms with E-state index in [2.05, 4.69) is 5.32 Å². The predicted octanol–water partition coefficient (Wildman–Crippen LogP) is 0.553. The Bertz CT molecular complexity index is 586. The molecule has 1 saturated heterocycles. The summed E-state index contributed by atoms with van der Waals surface area (Å²) in [6.45, 7) is 2.67. The average molecular weight is 333 g/mol. The number of nitrogens with zero attached hydrogens (tertiary/aromatic N) is 2. The van der Waals surface area contributed by atoms with E-state index in [1.807, 2.05) is 50.2 Å². The highest BCUT2D eigenvalue weighted by Crippen LogP contribution is 2.37. The number of benzene rings is 1. The lowest BCUT2D eigenvalue weighted by Crippen LogP contribution is -2.41. The first-order valence-electron chi connectivity index (χ1n) is 8.22. The van der Waals surface area contributed by atoms with E-state index in [1.165, 1.54) is 0 Å². The Hall–Kier alpha value is -1.92. The normalized spacial score (nSPS) is 22.1. The van der Waals surface area contributed by atoms with Crippen molar-refractivity contribution in [2.75, 3.05) is 34.2 Å². The van der Waals surface area contributed by atoms with E-state index in [0.717, 1.165) is 11.1 Å². The first kappa shape index (κ1) is 18.4. The lowest BCUT2D eigenvalue weighted by molar-refractivity contribution is -0.128. The van der Waals surface area contributed by atoms with E-state index in [4.69, 9.17) is 0 Å². The number of aryl methyl sites for hydroxylation is 1. The van der Waals surface area contributed by atoms with Crippen molar-refractivity contribution in [1.82, 2.24) is 15.1 Å². The number of likely N-dealkylation sites (tertiary alicyclic amines) is 1. The Morgan fingerprint density at radius 1 is 1.38 bits per heavy atom. The largest absolute Gasteiger partial charge is 0.390 e. The summed E-state index contributed by atoms with van der Waals surface area (Å²) >= 11 is 0. The van der Waals surface area contributed by atoms with E-state index >= 15 is 0 Å². The predicted molar refractivity (Wildman–Crippen MR) is 92.4 cm³/mol. The average Bonchev–Trinajstić information content (AvgIpc) is 2.81. The number of carbonyl (C=O) groups is 2. The van der Waals surface area contributed by atoms with Gasteiger partial charge in [-0.15, -0.1) is 0 Å². The summed E-state index contributed by atoms with van der Waals surface area (Å²) in [6, 6.07) is 7.65. The summed E-state index contributed by atoms with van der Waals surface area (Å²) in [7, 11) is 5.47. The van der Waals surface area contributed by atoms with Gasteiger partial charge in [0.2, 0.25) is 11.8 Å². The second kappa shape index (κ2) is 7.77. The Morgan fingerprint density at radius 2 is 2.00 bits per heavy atom.